The fourth-order valence-electron chi connectivity index (χ4n) is 5.62. The molecule has 0 aliphatic carbocycles. The Kier molecular flexibility index (Phi) is 9.40. The molecule has 4 rings (SSSR count). The molecule has 2 aromatic carbocycles. The maximum absolute atomic E-state index is 14.7. The van der Waals surface area contributed by atoms with Crippen LogP contribution in [-0.4, -0.2) is 64.8 Å². The number of alkyl halides is 7. The number of halogens is 8. The molecule has 2 aromatic rings. The van der Waals surface area contributed by atoms with Gasteiger partial charge in [0, 0.05) is 30.6 Å². The number of carbonyl (C=O) groups excluding carboxylic acids is 2. The largest absolute Gasteiger partial charge is 0.611 e. The topological polar surface area (TPSA) is 72.5 Å². The Bertz CT molecular complexity index is 1300. The van der Waals surface area contributed by atoms with Crippen LogP contribution in [0.15, 0.2) is 53.4 Å². The Balaban J connectivity index is 1.77. The van der Waals surface area contributed by atoms with Gasteiger partial charge >= 0.3 is 18.0 Å². The first-order chi connectivity index (χ1) is 20.0. The van der Waals surface area contributed by atoms with Crippen molar-refractivity contribution in [3.8, 4) is 0 Å². The van der Waals surface area contributed by atoms with Crippen LogP contribution in [0.25, 0.3) is 0 Å². The number of hydrogen-bond donors (Lipinski definition) is 1. The number of nitrogens with one attached hydrogen (secondary N) is 1. The van der Waals surface area contributed by atoms with Crippen LogP contribution in [0.5, 0.6) is 0 Å². The van der Waals surface area contributed by atoms with Gasteiger partial charge in [0.05, 0.1) is 6.54 Å². The summed E-state index contributed by atoms with van der Waals surface area (Å²) in [6.07, 6.45) is -12.2. The van der Waals surface area contributed by atoms with E-state index in [1.54, 1.807) is 18.7 Å². The van der Waals surface area contributed by atoms with Crippen LogP contribution in [0.1, 0.15) is 37.3 Å². The van der Waals surface area contributed by atoms with Gasteiger partial charge in [-0.05, 0) is 66.7 Å². The summed E-state index contributed by atoms with van der Waals surface area (Å²) in [4.78, 5) is 28.6. The molecule has 236 valence electrons. The van der Waals surface area contributed by atoms with Crippen molar-refractivity contribution < 1.29 is 49.3 Å². The van der Waals surface area contributed by atoms with E-state index in [9.17, 15) is 49.3 Å². The molecule has 2 aliphatic heterocycles. The monoisotopic (exact) mass is 656 g/mol. The molecule has 2 fully saturated rings. The normalized spacial score (nSPS) is 21.9. The summed E-state index contributed by atoms with van der Waals surface area (Å²) in [5, 5.41) is 2.70. The third kappa shape index (κ3) is 5.84. The molecule has 2 atom stereocenters. The first-order valence-corrected chi connectivity index (χ1v) is 15.6. The third-order valence-electron chi connectivity index (χ3n) is 8.02. The minimum absolute atomic E-state index is 0.00725. The fraction of sp³-hybridized carbons (Fsp3) is 0.500. The number of carbonyl (C=O) groups is 2. The minimum Gasteiger partial charge on any atom is -0.611 e. The van der Waals surface area contributed by atoms with E-state index < -0.39 is 62.6 Å². The maximum atomic E-state index is 14.7. The van der Waals surface area contributed by atoms with Crippen molar-refractivity contribution in [1.82, 2.24) is 10.2 Å². The predicted octanol–water partition coefficient (Wildman–Crippen LogP) is 6.00. The standard InChI is InChI=1S/C28H28F8N2O3S2/c1-2-37-22(39)24(12-15-42-16-13-24)23(40)38-14-11-25(17-38,43(41)21-9-7-20(29)8-10-21)18-3-5-19(6-4-18)26(30,27(31,32)33)28(34,35)36/h3-10H,2,11-17H2,1H3,(H,37,39)/t25-,43?/m0/s1. The van der Waals surface area contributed by atoms with Gasteiger partial charge in [-0.3, -0.25) is 9.59 Å². The molecule has 43 heavy (non-hydrogen) atoms. The summed E-state index contributed by atoms with van der Waals surface area (Å²) < 4.78 is 121. The number of rotatable bonds is 7. The lowest BCUT2D eigenvalue weighted by Gasteiger charge is -2.38. The molecule has 5 nitrogen and oxygen atoms in total. The second kappa shape index (κ2) is 12.1. The SMILES string of the molecule is CCNC(=O)C1(C(=O)N2CC[C@](c3ccc(C(F)(C(F)(F)F)C(F)(F)F)cc3)([S+]([O-])c3ccc(F)cc3)C2)CCSCC1. The molecular formula is C28H28F8N2O3S2. The number of thioether (sulfide) groups is 1. The van der Waals surface area contributed by atoms with E-state index in [4.69, 9.17) is 0 Å². The van der Waals surface area contributed by atoms with Crippen molar-refractivity contribution >= 4 is 34.8 Å². The maximum Gasteiger partial charge on any atom is 0.435 e. The highest BCUT2D eigenvalue weighted by Crippen LogP contribution is 2.54. The van der Waals surface area contributed by atoms with Gasteiger partial charge in [-0.1, -0.05) is 24.3 Å². The van der Waals surface area contributed by atoms with Crippen molar-refractivity contribution in [3.63, 3.8) is 0 Å². The van der Waals surface area contributed by atoms with Gasteiger partial charge < -0.3 is 14.8 Å². The quantitative estimate of drug-likeness (QED) is 0.226. The van der Waals surface area contributed by atoms with E-state index >= 15 is 0 Å². The Hall–Kier alpha value is -2.52. The van der Waals surface area contributed by atoms with E-state index in [-0.39, 0.29) is 49.4 Å². The van der Waals surface area contributed by atoms with Crippen LogP contribution >= 0.6 is 11.8 Å². The highest BCUT2D eigenvalue weighted by Gasteiger charge is 2.73. The van der Waals surface area contributed by atoms with Crippen molar-refractivity contribution in [2.75, 3.05) is 31.1 Å². The summed E-state index contributed by atoms with van der Waals surface area (Å²) in [5.74, 6) is -0.548. The lowest BCUT2D eigenvalue weighted by atomic mass is 9.79. The fourth-order valence-corrected chi connectivity index (χ4v) is 8.54. The predicted molar refractivity (Wildman–Crippen MR) is 145 cm³/mol. The summed E-state index contributed by atoms with van der Waals surface area (Å²) in [5.41, 5.74) is -8.77. The zero-order valence-corrected chi connectivity index (χ0v) is 24.4. The van der Waals surface area contributed by atoms with Gasteiger partial charge in [0.2, 0.25) is 11.8 Å². The van der Waals surface area contributed by atoms with Crippen LogP contribution in [0.3, 0.4) is 0 Å². The zero-order valence-electron chi connectivity index (χ0n) is 22.8. The smallest absolute Gasteiger partial charge is 0.435 e. The van der Waals surface area contributed by atoms with E-state index in [0.717, 1.165) is 24.3 Å². The molecule has 0 bridgehead atoms. The average molecular weight is 657 g/mol. The Morgan fingerprint density at radius 1 is 0.930 bits per heavy atom. The lowest BCUT2D eigenvalue weighted by molar-refractivity contribution is -0.348. The zero-order chi connectivity index (χ0) is 31.8. The number of likely N-dealkylation sites (tertiary alicyclic amines) is 1. The van der Waals surface area contributed by atoms with Gasteiger partial charge in [0.1, 0.15) is 11.2 Å². The number of benzene rings is 2. The molecule has 0 spiro atoms. The minimum atomic E-state index is -6.32. The lowest BCUT2D eigenvalue weighted by Crippen LogP contribution is -2.54. The van der Waals surface area contributed by atoms with Gasteiger partial charge in [0.25, 0.3) is 0 Å². The Morgan fingerprint density at radius 2 is 1.49 bits per heavy atom. The second-order valence-electron chi connectivity index (χ2n) is 10.5. The molecule has 0 saturated carbocycles. The Labute approximate surface area is 249 Å². The van der Waals surface area contributed by atoms with Crippen LogP contribution in [0.4, 0.5) is 35.1 Å². The van der Waals surface area contributed by atoms with Gasteiger partial charge in [0.15, 0.2) is 9.64 Å². The first-order valence-electron chi connectivity index (χ1n) is 13.3. The highest BCUT2D eigenvalue weighted by atomic mass is 32.2. The van der Waals surface area contributed by atoms with Crippen LogP contribution in [-0.2, 0) is 31.2 Å². The van der Waals surface area contributed by atoms with Gasteiger partial charge in [-0.25, -0.2) is 8.78 Å². The number of amides is 2. The van der Waals surface area contributed by atoms with E-state index in [1.165, 1.54) is 17.0 Å². The molecule has 15 heteroatoms. The van der Waals surface area contributed by atoms with Gasteiger partial charge in [-0.2, -0.15) is 38.1 Å². The molecule has 2 amide bonds. The second-order valence-corrected chi connectivity index (χ2v) is 13.5. The molecule has 2 aliphatic rings. The summed E-state index contributed by atoms with van der Waals surface area (Å²) >= 11 is -0.533. The molecule has 2 saturated heterocycles. The van der Waals surface area contributed by atoms with Crippen molar-refractivity contribution in [2.45, 2.75) is 53.9 Å². The summed E-state index contributed by atoms with van der Waals surface area (Å²) in [7, 11) is 0. The summed E-state index contributed by atoms with van der Waals surface area (Å²) in [6, 6.07) is 6.89. The number of hydrogen-bond acceptors (Lipinski definition) is 4. The molecule has 0 aromatic heterocycles. The third-order valence-corrected chi connectivity index (χ3v) is 11.0. The van der Waals surface area contributed by atoms with Crippen LogP contribution < -0.4 is 5.32 Å². The van der Waals surface area contributed by atoms with Crippen molar-refractivity contribution in [2.24, 2.45) is 5.41 Å². The van der Waals surface area contributed by atoms with Crippen molar-refractivity contribution in [1.29, 1.82) is 0 Å². The highest BCUT2D eigenvalue weighted by molar-refractivity contribution is 7.99. The molecule has 1 N–H and O–H groups in total. The van der Waals surface area contributed by atoms with Gasteiger partial charge in [-0.15, -0.1) is 0 Å². The van der Waals surface area contributed by atoms with E-state index in [2.05, 4.69) is 5.32 Å². The number of nitrogens with zero attached hydrogens (tertiary/aromatic N) is 1. The molecule has 0 radical (unpaired) electrons. The van der Waals surface area contributed by atoms with Crippen LogP contribution in [0.2, 0.25) is 0 Å². The van der Waals surface area contributed by atoms with Crippen LogP contribution in [0, 0.1) is 11.2 Å². The molecular weight excluding hydrogens is 628 g/mol. The Morgan fingerprint density at radius 3 is 2.00 bits per heavy atom. The molecule has 2 heterocycles. The van der Waals surface area contributed by atoms with E-state index in [0.29, 0.717) is 23.6 Å². The summed E-state index contributed by atoms with van der Waals surface area (Å²) in [6.45, 7) is 1.65. The van der Waals surface area contributed by atoms with Crippen molar-refractivity contribution in [3.05, 3.63) is 65.5 Å². The van der Waals surface area contributed by atoms with E-state index in [1.807, 2.05) is 0 Å². The first kappa shape index (κ1) is 33.4. The average Bonchev–Trinajstić information content (AvgIpc) is 3.42. The molecule has 1 unspecified atom stereocenters.